The predicted molar refractivity (Wildman–Crippen MR) is 109 cm³/mol. The molecule has 2 fully saturated rings. The van der Waals surface area contributed by atoms with Crippen LogP contribution in [0.1, 0.15) is 33.6 Å². The number of carbonyl (C=O) groups excluding carboxylic acids is 2. The molecule has 1 aliphatic heterocycles. The second kappa shape index (κ2) is 5.60. The number of rotatable bonds is 3. The molecule has 0 spiro atoms. The molecular formula is C23H24N2O3. The van der Waals surface area contributed by atoms with Gasteiger partial charge < -0.3 is 9.73 Å². The van der Waals surface area contributed by atoms with Crippen molar-refractivity contribution in [3.8, 4) is 0 Å². The van der Waals surface area contributed by atoms with Gasteiger partial charge in [0, 0.05) is 28.4 Å². The number of amides is 2. The summed E-state index contributed by atoms with van der Waals surface area (Å²) in [6.45, 7) is 6.31. The molecule has 5 nitrogen and oxygen atoms in total. The maximum Gasteiger partial charge on any atom is 0.237 e. The summed E-state index contributed by atoms with van der Waals surface area (Å²) in [6, 6.07) is 13.8. The zero-order valence-electron chi connectivity index (χ0n) is 16.4. The Kier molecular flexibility index (Phi) is 3.46. The maximum absolute atomic E-state index is 13.1. The van der Waals surface area contributed by atoms with Crippen molar-refractivity contribution in [1.29, 1.82) is 0 Å². The van der Waals surface area contributed by atoms with Gasteiger partial charge >= 0.3 is 0 Å². The minimum absolute atomic E-state index is 0.0534. The van der Waals surface area contributed by atoms with Crippen LogP contribution in [0.2, 0.25) is 0 Å². The van der Waals surface area contributed by atoms with E-state index in [9.17, 15) is 9.59 Å². The number of hydrogen-bond donors (Lipinski definition) is 1. The third kappa shape index (κ3) is 2.13. The first-order chi connectivity index (χ1) is 13.3. The molecule has 1 aliphatic carbocycles. The number of piperidine rings is 1. The van der Waals surface area contributed by atoms with Crippen molar-refractivity contribution in [3.05, 3.63) is 42.5 Å². The molecule has 1 saturated heterocycles. The van der Waals surface area contributed by atoms with Gasteiger partial charge in [0.2, 0.25) is 11.8 Å². The molecule has 5 heteroatoms. The number of imide groups is 1. The van der Waals surface area contributed by atoms with Crippen molar-refractivity contribution in [2.45, 2.75) is 33.6 Å². The van der Waals surface area contributed by atoms with Gasteiger partial charge in [0.05, 0.1) is 12.1 Å². The molecule has 2 heterocycles. The van der Waals surface area contributed by atoms with Gasteiger partial charge in [-0.25, -0.2) is 0 Å². The molecular weight excluding hydrogens is 352 g/mol. The van der Waals surface area contributed by atoms with E-state index in [1.165, 1.54) is 4.90 Å². The SMILES string of the molecule is CC1(C)[C@@H]2CC[C@]1(C)C(=O)N(CNc1ccc3c(c1)oc1ccccc13)C2=O. The minimum atomic E-state index is -0.476. The molecule has 0 unspecified atom stereocenters. The number of likely N-dealkylation sites (tertiary alicyclic amines) is 1. The highest BCUT2D eigenvalue weighted by molar-refractivity contribution is 6.06. The van der Waals surface area contributed by atoms with Crippen LogP contribution in [-0.4, -0.2) is 23.4 Å². The van der Waals surface area contributed by atoms with Crippen molar-refractivity contribution < 1.29 is 14.0 Å². The Morgan fingerprint density at radius 3 is 2.64 bits per heavy atom. The van der Waals surface area contributed by atoms with E-state index in [2.05, 4.69) is 19.2 Å². The van der Waals surface area contributed by atoms with Crippen LogP contribution >= 0.6 is 0 Å². The zero-order valence-corrected chi connectivity index (χ0v) is 16.4. The minimum Gasteiger partial charge on any atom is -0.456 e. The summed E-state index contributed by atoms with van der Waals surface area (Å²) < 4.78 is 5.93. The van der Waals surface area contributed by atoms with Crippen molar-refractivity contribution in [2.24, 2.45) is 16.7 Å². The molecule has 2 aliphatic rings. The first kappa shape index (κ1) is 17.3. The van der Waals surface area contributed by atoms with E-state index in [1.54, 1.807) is 0 Å². The lowest BCUT2D eigenvalue weighted by Gasteiger charge is -2.47. The van der Waals surface area contributed by atoms with E-state index >= 15 is 0 Å². The van der Waals surface area contributed by atoms with Gasteiger partial charge in [-0.05, 0) is 36.5 Å². The number of nitrogens with zero attached hydrogens (tertiary/aromatic N) is 1. The fourth-order valence-corrected chi connectivity index (χ4v) is 5.06. The number of benzene rings is 2. The number of hydrogen-bond acceptors (Lipinski definition) is 4. The second-order valence-electron chi connectivity index (χ2n) is 8.86. The van der Waals surface area contributed by atoms with Crippen molar-refractivity contribution in [1.82, 2.24) is 4.90 Å². The highest BCUT2D eigenvalue weighted by Gasteiger charge is 2.64. The van der Waals surface area contributed by atoms with Gasteiger partial charge in [0.1, 0.15) is 11.2 Å². The van der Waals surface area contributed by atoms with Crippen LogP contribution in [0.25, 0.3) is 21.9 Å². The molecule has 5 rings (SSSR count). The Balaban J connectivity index is 1.41. The lowest BCUT2D eigenvalue weighted by Crippen LogP contribution is -2.59. The van der Waals surface area contributed by atoms with E-state index in [0.717, 1.165) is 40.5 Å². The Hall–Kier alpha value is -2.82. The summed E-state index contributed by atoms with van der Waals surface area (Å²) in [6.07, 6.45) is 1.56. The summed E-state index contributed by atoms with van der Waals surface area (Å²) in [5, 5.41) is 5.38. The maximum atomic E-state index is 13.1. The third-order valence-corrected chi connectivity index (χ3v) is 7.33. The number of carbonyl (C=O) groups is 2. The first-order valence-corrected chi connectivity index (χ1v) is 9.84. The monoisotopic (exact) mass is 376 g/mol. The van der Waals surface area contributed by atoms with Crippen LogP contribution in [-0.2, 0) is 9.59 Å². The van der Waals surface area contributed by atoms with E-state index in [0.29, 0.717) is 0 Å². The number of fused-ring (bicyclic) bond motifs is 5. The summed E-state index contributed by atoms with van der Waals surface area (Å²) in [7, 11) is 0. The quantitative estimate of drug-likeness (QED) is 0.669. The lowest BCUT2D eigenvalue weighted by molar-refractivity contribution is -0.167. The number of nitrogens with one attached hydrogen (secondary N) is 1. The lowest BCUT2D eigenvalue weighted by atomic mass is 9.62. The summed E-state index contributed by atoms with van der Waals surface area (Å²) in [5.41, 5.74) is 1.70. The second-order valence-corrected chi connectivity index (χ2v) is 8.86. The van der Waals surface area contributed by atoms with Gasteiger partial charge in [0.25, 0.3) is 0 Å². The molecule has 144 valence electrons. The van der Waals surface area contributed by atoms with Crippen molar-refractivity contribution in [3.63, 3.8) is 0 Å². The molecule has 2 atom stereocenters. The third-order valence-electron chi connectivity index (χ3n) is 7.33. The summed E-state index contributed by atoms with van der Waals surface area (Å²) in [5.74, 6) is -0.203. The molecule has 28 heavy (non-hydrogen) atoms. The molecule has 2 amide bonds. The number of furan rings is 1. The Labute approximate surface area is 163 Å². The predicted octanol–water partition coefficient (Wildman–Crippen LogP) is 4.77. The topological polar surface area (TPSA) is 62.6 Å². The fraction of sp³-hybridized carbons (Fsp3) is 0.391. The molecule has 1 saturated carbocycles. The Bertz CT molecular complexity index is 1130. The van der Waals surface area contributed by atoms with E-state index in [1.807, 2.05) is 49.4 Å². The van der Waals surface area contributed by atoms with E-state index in [-0.39, 0.29) is 29.8 Å². The standard InChI is InChI=1S/C23H24N2O3/c1-22(2)17-10-11-23(22,3)21(27)25(20(17)26)13-24-14-8-9-16-15-6-4-5-7-18(15)28-19(16)12-14/h4-9,12,17,24H,10-11,13H2,1-3H3/t17-,23-/m1/s1. The van der Waals surface area contributed by atoms with E-state index in [4.69, 9.17) is 4.42 Å². The molecule has 1 N–H and O–H groups in total. The smallest absolute Gasteiger partial charge is 0.237 e. The van der Waals surface area contributed by atoms with Gasteiger partial charge in [-0.3, -0.25) is 14.5 Å². The molecule has 3 aromatic rings. The van der Waals surface area contributed by atoms with Gasteiger partial charge in [-0.15, -0.1) is 0 Å². The molecule has 2 bridgehead atoms. The van der Waals surface area contributed by atoms with Gasteiger partial charge in [0.15, 0.2) is 0 Å². The average molecular weight is 376 g/mol. The number of para-hydroxylation sites is 1. The molecule has 2 aromatic carbocycles. The zero-order chi connectivity index (χ0) is 19.7. The summed E-state index contributed by atoms with van der Waals surface area (Å²) >= 11 is 0. The van der Waals surface area contributed by atoms with Crippen molar-refractivity contribution in [2.75, 3.05) is 12.0 Å². The summed E-state index contributed by atoms with van der Waals surface area (Å²) in [4.78, 5) is 27.5. The first-order valence-electron chi connectivity index (χ1n) is 9.84. The average Bonchev–Trinajstić information content (AvgIpc) is 3.12. The Morgan fingerprint density at radius 1 is 1.07 bits per heavy atom. The highest BCUT2D eigenvalue weighted by Crippen LogP contribution is 2.59. The van der Waals surface area contributed by atoms with Crippen LogP contribution in [0.5, 0.6) is 0 Å². The fourth-order valence-electron chi connectivity index (χ4n) is 5.06. The molecule has 0 radical (unpaired) electrons. The largest absolute Gasteiger partial charge is 0.456 e. The number of anilines is 1. The molecule has 1 aromatic heterocycles. The van der Waals surface area contributed by atoms with Crippen LogP contribution in [0, 0.1) is 16.7 Å². The van der Waals surface area contributed by atoms with Gasteiger partial charge in [-0.2, -0.15) is 0 Å². The van der Waals surface area contributed by atoms with Crippen LogP contribution in [0.15, 0.2) is 46.9 Å². The van der Waals surface area contributed by atoms with Crippen LogP contribution in [0.3, 0.4) is 0 Å². The highest BCUT2D eigenvalue weighted by atomic mass is 16.3. The normalized spacial score (nSPS) is 26.4. The Morgan fingerprint density at radius 2 is 1.82 bits per heavy atom. The van der Waals surface area contributed by atoms with Crippen LogP contribution < -0.4 is 5.32 Å². The van der Waals surface area contributed by atoms with E-state index < -0.39 is 5.41 Å². The van der Waals surface area contributed by atoms with Crippen molar-refractivity contribution >= 4 is 39.4 Å². The van der Waals surface area contributed by atoms with Crippen LogP contribution in [0.4, 0.5) is 5.69 Å². The van der Waals surface area contributed by atoms with Gasteiger partial charge in [-0.1, -0.05) is 39.0 Å².